The summed E-state index contributed by atoms with van der Waals surface area (Å²) in [5, 5.41) is 0. The summed E-state index contributed by atoms with van der Waals surface area (Å²) in [5.74, 6) is 0.0456. The van der Waals surface area contributed by atoms with Crippen LogP contribution in [0.2, 0.25) is 0 Å². The molecular weight excluding hydrogens is 214 g/mol. The van der Waals surface area contributed by atoms with Crippen LogP contribution in [-0.2, 0) is 16.4 Å². The third kappa shape index (κ3) is 4.87. The van der Waals surface area contributed by atoms with E-state index < -0.39 is 10.0 Å². The van der Waals surface area contributed by atoms with Crippen LogP contribution in [0.5, 0.6) is 0 Å². The van der Waals surface area contributed by atoms with Gasteiger partial charge in [0.25, 0.3) is 0 Å². The van der Waals surface area contributed by atoms with E-state index in [-0.39, 0.29) is 12.3 Å². The van der Waals surface area contributed by atoms with Gasteiger partial charge in [0.05, 0.1) is 5.75 Å². The number of pyridine rings is 1. The van der Waals surface area contributed by atoms with Gasteiger partial charge in [0.15, 0.2) is 0 Å². The van der Waals surface area contributed by atoms with Gasteiger partial charge >= 0.3 is 0 Å². The number of nitrogens with two attached hydrogens (primary N) is 1. The second-order valence-corrected chi connectivity index (χ2v) is 5.00. The minimum Gasteiger partial charge on any atom is -0.329 e. The number of sulfonamides is 1. The highest BCUT2D eigenvalue weighted by Crippen LogP contribution is 1.97. The van der Waals surface area contributed by atoms with Crippen molar-refractivity contribution in [2.75, 3.05) is 18.8 Å². The Hall–Kier alpha value is -0.980. The SMILES string of the molecule is NCCNS(=O)(=O)CCc1ccccn1. The largest absolute Gasteiger partial charge is 0.329 e. The van der Waals surface area contributed by atoms with Crippen LogP contribution < -0.4 is 10.5 Å². The second kappa shape index (κ2) is 5.79. The van der Waals surface area contributed by atoms with Gasteiger partial charge in [-0.05, 0) is 12.1 Å². The van der Waals surface area contributed by atoms with Crippen molar-refractivity contribution < 1.29 is 8.42 Å². The van der Waals surface area contributed by atoms with E-state index in [1.54, 1.807) is 18.3 Å². The highest BCUT2D eigenvalue weighted by molar-refractivity contribution is 7.89. The molecule has 0 unspecified atom stereocenters. The maximum absolute atomic E-state index is 11.4. The molecule has 0 aromatic carbocycles. The molecular formula is C9H15N3O2S. The van der Waals surface area contributed by atoms with Crippen molar-refractivity contribution in [3.8, 4) is 0 Å². The van der Waals surface area contributed by atoms with Gasteiger partial charge < -0.3 is 5.73 Å². The standard InChI is InChI=1S/C9H15N3O2S/c10-5-7-12-15(13,14)8-4-9-3-1-2-6-11-9/h1-3,6,12H,4-5,7-8,10H2. The van der Waals surface area contributed by atoms with Crippen molar-refractivity contribution in [1.29, 1.82) is 0 Å². The molecule has 0 bridgehead atoms. The fourth-order valence-electron chi connectivity index (χ4n) is 1.07. The zero-order valence-electron chi connectivity index (χ0n) is 8.39. The van der Waals surface area contributed by atoms with E-state index in [1.165, 1.54) is 0 Å². The third-order valence-electron chi connectivity index (χ3n) is 1.82. The van der Waals surface area contributed by atoms with E-state index in [2.05, 4.69) is 9.71 Å². The van der Waals surface area contributed by atoms with Gasteiger partial charge in [-0.3, -0.25) is 4.98 Å². The van der Waals surface area contributed by atoms with Crippen LogP contribution in [0.4, 0.5) is 0 Å². The zero-order valence-corrected chi connectivity index (χ0v) is 9.20. The van der Waals surface area contributed by atoms with Crippen molar-refractivity contribution in [3.63, 3.8) is 0 Å². The van der Waals surface area contributed by atoms with Crippen LogP contribution in [0, 0.1) is 0 Å². The van der Waals surface area contributed by atoms with Crippen LogP contribution in [0.15, 0.2) is 24.4 Å². The molecule has 15 heavy (non-hydrogen) atoms. The molecule has 0 atom stereocenters. The minimum absolute atomic E-state index is 0.0456. The van der Waals surface area contributed by atoms with Gasteiger partial charge in [0.1, 0.15) is 0 Å². The summed E-state index contributed by atoms with van der Waals surface area (Å²) in [5.41, 5.74) is 5.98. The molecule has 0 amide bonds. The van der Waals surface area contributed by atoms with E-state index in [4.69, 9.17) is 5.73 Å². The highest BCUT2D eigenvalue weighted by Gasteiger charge is 2.09. The molecule has 0 saturated carbocycles. The van der Waals surface area contributed by atoms with Gasteiger partial charge in [-0.25, -0.2) is 13.1 Å². The first kappa shape index (κ1) is 12.1. The molecule has 6 heteroatoms. The molecule has 0 aliphatic carbocycles. The fourth-order valence-corrected chi connectivity index (χ4v) is 2.12. The molecule has 1 aromatic rings. The molecule has 0 spiro atoms. The highest BCUT2D eigenvalue weighted by atomic mass is 32.2. The van der Waals surface area contributed by atoms with E-state index >= 15 is 0 Å². The summed E-state index contributed by atoms with van der Waals surface area (Å²) in [6, 6.07) is 5.44. The maximum atomic E-state index is 11.4. The first-order valence-corrected chi connectivity index (χ1v) is 6.36. The molecule has 0 aliphatic heterocycles. The number of aryl methyl sites for hydroxylation is 1. The Kier molecular flexibility index (Phi) is 4.67. The van der Waals surface area contributed by atoms with Gasteiger partial charge in [-0.15, -0.1) is 0 Å². The van der Waals surface area contributed by atoms with Gasteiger partial charge in [-0.2, -0.15) is 0 Å². The maximum Gasteiger partial charge on any atom is 0.212 e. The Bertz CT molecular complexity index is 378. The minimum atomic E-state index is -3.21. The first-order chi connectivity index (χ1) is 7.14. The zero-order chi connectivity index (χ0) is 11.1. The quantitative estimate of drug-likeness (QED) is 0.689. The van der Waals surface area contributed by atoms with Gasteiger partial charge in [0.2, 0.25) is 10.0 Å². The summed E-state index contributed by atoms with van der Waals surface area (Å²) in [6.45, 7) is 0.591. The van der Waals surface area contributed by atoms with Crippen LogP contribution in [0.25, 0.3) is 0 Å². The number of aromatic nitrogens is 1. The monoisotopic (exact) mass is 229 g/mol. The van der Waals surface area contributed by atoms with Crippen molar-refractivity contribution in [3.05, 3.63) is 30.1 Å². The van der Waals surface area contributed by atoms with E-state index in [9.17, 15) is 8.42 Å². The van der Waals surface area contributed by atoms with Crippen LogP contribution in [-0.4, -0.2) is 32.2 Å². The van der Waals surface area contributed by atoms with Crippen molar-refractivity contribution in [2.24, 2.45) is 5.73 Å². The van der Waals surface area contributed by atoms with Crippen molar-refractivity contribution in [2.45, 2.75) is 6.42 Å². The number of nitrogens with one attached hydrogen (secondary N) is 1. The van der Waals surface area contributed by atoms with Crippen LogP contribution in [0.1, 0.15) is 5.69 Å². The molecule has 1 heterocycles. The summed E-state index contributed by atoms with van der Waals surface area (Å²) < 4.78 is 25.1. The molecule has 0 fully saturated rings. The predicted octanol–water partition coefficient (Wildman–Crippen LogP) is -0.498. The Balaban J connectivity index is 2.43. The van der Waals surface area contributed by atoms with E-state index in [0.717, 1.165) is 5.69 Å². The lowest BCUT2D eigenvalue weighted by atomic mass is 10.3. The Morgan fingerprint density at radius 1 is 1.40 bits per heavy atom. The molecule has 0 saturated heterocycles. The number of hydrogen-bond donors (Lipinski definition) is 2. The first-order valence-electron chi connectivity index (χ1n) is 4.71. The Morgan fingerprint density at radius 2 is 2.20 bits per heavy atom. The van der Waals surface area contributed by atoms with Crippen LogP contribution >= 0.6 is 0 Å². The lowest BCUT2D eigenvalue weighted by molar-refractivity contribution is 0.581. The summed E-state index contributed by atoms with van der Waals surface area (Å²) >= 11 is 0. The van der Waals surface area contributed by atoms with Crippen molar-refractivity contribution >= 4 is 10.0 Å². The fraction of sp³-hybridized carbons (Fsp3) is 0.444. The molecule has 1 rings (SSSR count). The van der Waals surface area contributed by atoms with Crippen LogP contribution in [0.3, 0.4) is 0 Å². The number of rotatable bonds is 6. The lowest BCUT2D eigenvalue weighted by Gasteiger charge is -2.04. The molecule has 1 aromatic heterocycles. The molecule has 0 radical (unpaired) electrons. The van der Waals surface area contributed by atoms with Crippen molar-refractivity contribution in [1.82, 2.24) is 9.71 Å². The number of hydrogen-bond acceptors (Lipinski definition) is 4. The summed E-state index contributed by atoms with van der Waals surface area (Å²) in [4.78, 5) is 4.05. The Morgan fingerprint density at radius 3 is 2.80 bits per heavy atom. The smallest absolute Gasteiger partial charge is 0.212 e. The average molecular weight is 229 g/mol. The third-order valence-corrected chi connectivity index (χ3v) is 3.20. The lowest BCUT2D eigenvalue weighted by Crippen LogP contribution is -2.31. The molecule has 0 aliphatic rings. The Labute approximate surface area is 89.8 Å². The second-order valence-electron chi connectivity index (χ2n) is 3.07. The molecule has 84 valence electrons. The summed E-state index contributed by atoms with van der Waals surface area (Å²) in [6.07, 6.45) is 2.07. The van der Waals surface area contributed by atoms with E-state index in [1.807, 2.05) is 6.07 Å². The van der Waals surface area contributed by atoms with Gasteiger partial charge in [0, 0.05) is 31.4 Å². The predicted molar refractivity (Wildman–Crippen MR) is 58.8 cm³/mol. The normalized spacial score (nSPS) is 11.5. The average Bonchev–Trinajstić information content (AvgIpc) is 2.25. The molecule has 3 N–H and O–H groups in total. The topological polar surface area (TPSA) is 85.1 Å². The van der Waals surface area contributed by atoms with Gasteiger partial charge in [-0.1, -0.05) is 6.07 Å². The number of nitrogens with zero attached hydrogens (tertiary/aromatic N) is 1. The van der Waals surface area contributed by atoms with E-state index in [0.29, 0.717) is 13.0 Å². The molecule has 5 nitrogen and oxygen atoms in total. The summed E-state index contributed by atoms with van der Waals surface area (Å²) in [7, 11) is -3.21.